The van der Waals surface area contributed by atoms with Crippen LogP contribution >= 0.6 is 0 Å². The number of nitrogens with zero attached hydrogens (tertiary/aromatic N) is 1. The van der Waals surface area contributed by atoms with Gasteiger partial charge < -0.3 is 9.47 Å². The van der Waals surface area contributed by atoms with E-state index in [1.54, 1.807) is 0 Å². The molecule has 1 saturated carbocycles. The Labute approximate surface area is 170 Å². The molecule has 2 fully saturated rings. The molecule has 2 aliphatic heterocycles. The smallest absolute Gasteiger partial charge is 0.243 e. The van der Waals surface area contributed by atoms with Crippen molar-refractivity contribution in [1.29, 1.82) is 0 Å². The van der Waals surface area contributed by atoms with Crippen LogP contribution in [0.1, 0.15) is 24.4 Å². The van der Waals surface area contributed by atoms with E-state index >= 15 is 0 Å². The van der Waals surface area contributed by atoms with Gasteiger partial charge in [0.1, 0.15) is 11.6 Å². The maximum atomic E-state index is 13.8. The lowest BCUT2D eigenvalue weighted by Crippen LogP contribution is -2.35. The molecule has 0 bridgehead atoms. The normalized spacial score (nSPS) is 26.6. The van der Waals surface area contributed by atoms with Crippen LogP contribution in [0.4, 0.5) is 4.39 Å². The second-order valence-corrected chi connectivity index (χ2v) is 10.1. The number of hydrogen-bond acceptors (Lipinski definition) is 4. The summed E-state index contributed by atoms with van der Waals surface area (Å²) >= 11 is 0. The fourth-order valence-electron chi connectivity index (χ4n) is 4.46. The van der Waals surface area contributed by atoms with Gasteiger partial charge in [-0.2, -0.15) is 4.31 Å². The van der Waals surface area contributed by atoms with Crippen molar-refractivity contribution in [1.82, 2.24) is 4.31 Å². The van der Waals surface area contributed by atoms with Gasteiger partial charge in [0.05, 0.1) is 24.2 Å². The van der Waals surface area contributed by atoms with Crippen molar-refractivity contribution < 1.29 is 22.3 Å². The van der Waals surface area contributed by atoms with Crippen molar-refractivity contribution >= 4 is 10.0 Å². The van der Waals surface area contributed by atoms with Gasteiger partial charge in [0, 0.05) is 30.6 Å². The maximum absolute atomic E-state index is 13.8. The Morgan fingerprint density at radius 1 is 1.10 bits per heavy atom. The molecule has 2 aromatic carbocycles. The van der Waals surface area contributed by atoms with Crippen LogP contribution in [0.3, 0.4) is 0 Å². The van der Waals surface area contributed by atoms with Crippen molar-refractivity contribution in [3.05, 3.63) is 59.9 Å². The van der Waals surface area contributed by atoms with Gasteiger partial charge in [0.25, 0.3) is 0 Å². The van der Waals surface area contributed by atoms with E-state index < -0.39 is 15.8 Å². The lowest BCUT2D eigenvalue weighted by atomic mass is 9.86. The monoisotopic (exact) mass is 417 g/mol. The summed E-state index contributed by atoms with van der Waals surface area (Å²) in [4.78, 5) is -0.0141. The largest absolute Gasteiger partial charge is 0.493 e. The molecule has 0 amide bonds. The summed E-state index contributed by atoms with van der Waals surface area (Å²) in [5, 5.41) is 0. The zero-order chi connectivity index (χ0) is 20.0. The average Bonchev–Trinajstić information content (AvgIpc) is 3.46. The van der Waals surface area contributed by atoms with Crippen LogP contribution in [-0.2, 0) is 14.8 Å². The fraction of sp³-hybridized carbons (Fsp3) is 0.455. The molecule has 0 radical (unpaired) electrons. The molecule has 29 heavy (non-hydrogen) atoms. The Bertz CT molecular complexity index is 1010. The van der Waals surface area contributed by atoms with Crippen LogP contribution in [0.2, 0.25) is 0 Å². The van der Waals surface area contributed by atoms with Crippen molar-refractivity contribution in [2.24, 2.45) is 17.8 Å². The highest BCUT2D eigenvalue weighted by molar-refractivity contribution is 7.89. The quantitative estimate of drug-likeness (QED) is 0.720. The topological polar surface area (TPSA) is 55.8 Å². The number of hydrogen-bond donors (Lipinski definition) is 0. The highest BCUT2D eigenvalue weighted by Crippen LogP contribution is 2.49. The van der Waals surface area contributed by atoms with Crippen LogP contribution in [0.5, 0.6) is 5.75 Å². The van der Waals surface area contributed by atoms with Crippen LogP contribution < -0.4 is 4.74 Å². The minimum Gasteiger partial charge on any atom is -0.493 e. The summed E-state index contributed by atoms with van der Waals surface area (Å²) in [6.45, 7) is 2.05. The number of ether oxygens (including phenoxy) is 2. The third-order valence-electron chi connectivity index (χ3n) is 6.19. The lowest BCUT2D eigenvalue weighted by molar-refractivity contribution is 0.0645. The average molecular weight is 418 g/mol. The summed E-state index contributed by atoms with van der Waals surface area (Å²) in [6.07, 6.45) is 2.43. The lowest BCUT2D eigenvalue weighted by Gasteiger charge is -2.34. The number of fused-ring (bicyclic) bond motifs is 3. The van der Waals surface area contributed by atoms with Crippen LogP contribution in [0, 0.1) is 23.6 Å². The number of rotatable bonds is 6. The summed E-state index contributed by atoms with van der Waals surface area (Å²) < 4.78 is 54.1. The van der Waals surface area contributed by atoms with Crippen LogP contribution in [-0.4, -0.2) is 39.1 Å². The van der Waals surface area contributed by atoms with E-state index in [0.717, 1.165) is 18.2 Å². The summed E-state index contributed by atoms with van der Waals surface area (Å²) in [5.41, 5.74) is 0.869. The van der Waals surface area contributed by atoms with Gasteiger partial charge >= 0.3 is 0 Å². The van der Waals surface area contributed by atoms with Crippen molar-refractivity contribution in [2.75, 3.05) is 26.4 Å². The highest BCUT2D eigenvalue weighted by atomic mass is 32.2. The predicted molar refractivity (Wildman–Crippen MR) is 105 cm³/mol. The molecule has 154 valence electrons. The minimum absolute atomic E-state index is 0.00689. The van der Waals surface area contributed by atoms with Crippen molar-refractivity contribution in [3.63, 3.8) is 0 Å². The van der Waals surface area contributed by atoms with Crippen LogP contribution in [0.15, 0.2) is 53.4 Å². The van der Waals surface area contributed by atoms with Gasteiger partial charge in [-0.15, -0.1) is 0 Å². The van der Waals surface area contributed by atoms with E-state index in [2.05, 4.69) is 0 Å². The Morgan fingerprint density at radius 2 is 1.93 bits per heavy atom. The van der Waals surface area contributed by atoms with Gasteiger partial charge in [-0.1, -0.05) is 24.3 Å². The first-order chi connectivity index (χ1) is 14.0. The van der Waals surface area contributed by atoms with E-state index in [1.807, 2.05) is 24.3 Å². The zero-order valence-corrected chi connectivity index (χ0v) is 16.9. The number of halogens is 1. The van der Waals surface area contributed by atoms with Gasteiger partial charge in [0.15, 0.2) is 0 Å². The second-order valence-electron chi connectivity index (χ2n) is 8.23. The van der Waals surface area contributed by atoms with Gasteiger partial charge in [-0.3, -0.25) is 0 Å². The molecule has 1 aliphatic carbocycles. The molecule has 1 saturated heterocycles. The standard InChI is InChI=1S/C22H24FNO4S/c23-17-4-3-5-18(10-17)29(25,26)24-11-16(13-27-12-15-8-9-15)20-14-28-21-7-2-1-6-19(21)22(20)24/h1-7,10,15-16,20,22H,8-9,11-14H2/t16-,20-,22-/m0/s1. The number of sulfonamides is 1. The molecule has 5 rings (SSSR count). The first-order valence-corrected chi connectivity index (χ1v) is 11.5. The van der Waals surface area contributed by atoms with Crippen molar-refractivity contribution in [3.8, 4) is 5.75 Å². The summed E-state index contributed by atoms with van der Waals surface area (Å²) in [6, 6.07) is 12.5. The third-order valence-corrected chi connectivity index (χ3v) is 8.03. The number of benzene rings is 2. The Kier molecular flexibility index (Phi) is 4.84. The molecule has 2 aromatic rings. The molecule has 7 heteroatoms. The van der Waals surface area contributed by atoms with Crippen LogP contribution in [0.25, 0.3) is 0 Å². The first kappa shape index (κ1) is 19.0. The van der Waals surface area contributed by atoms with E-state index in [-0.39, 0.29) is 22.8 Å². The number of para-hydroxylation sites is 1. The first-order valence-electron chi connectivity index (χ1n) is 10.1. The molecule has 3 atom stereocenters. The Balaban J connectivity index is 1.49. The molecular formula is C22H24FNO4S. The zero-order valence-electron chi connectivity index (χ0n) is 16.0. The summed E-state index contributed by atoms with van der Waals surface area (Å²) in [7, 11) is -3.85. The van der Waals surface area contributed by atoms with E-state index in [1.165, 1.54) is 35.3 Å². The van der Waals surface area contributed by atoms with E-state index in [9.17, 15) is 12.8 Å². The second kappa shape index (κ2) is 7.38. The third kappa shape index (κ3) is 3.56. The van der Waals surface area contributed by atoms with E-state index in [4.69, 9.17) is 9.47 Å². The maximum Gasteiger partial charge on any atom is 0.243 e. The Morgan fingerprint density at radius 3 is 2.72 bits per heavy atom. The predicted octanol–water partition coefficient (Wildman–Crippen LogP) is 3.62. The fourth-order valence-corrected chi connectivity index (χ4v) is 6.20. The molecule has 5 nitrogen and oxygen atoms in total. The Hall–Kier alpha value is -1.96. The molecule has 3 aliphatic rings. The molecule has 0 unspecified atom stereocenters. The molecular weight excluding hydrogens is 393 g/mol. The van der Waals surface area contributed by atoms with Gasteiger partial charge in [-0.25, -0.2) is 12.8 Å². The molecule has 0 N–H and O–H groups in total. The minimum atomic E-state index is -3.85. The SMILES string of the molecule is O=S(=O)(c1cccc(F)c1)N1C[C@@H](COCC2CC2)[C@@H]2COc3ccccc3[C@@H]21. The molecule has 0 aromatic heterocycles. The molecule has 2 heterocycles. The van der Waals surface area contributed by atoms with E-state index in [0.29, 0.717) is 31.4 Å². The highest BCUT2D eigenvalue weighted by Gasteiger charge is 2.51. The van der Waals surface area contributed by atoms with Gasteiger partial charge in [-0.05, 0) is 43.0 Å². The van der Waals surface area contributed by atoms with Gasteiger partial charge in [0.2, 0.25) is 10.0 Å². The van der Waals surface area contributed by atoms with Crippen molar-refractivity contribution in [2.45, 2.75) is 23.8 Å². The summed E-state index contributed by atoms with van der Waals surface area (Å²) in [5.74, 6) is 0.858. The molecule has 0 spiro atoms.